The van der Waals surface area contributed by atoms with Crippen molar-refractivity contribution in [3.8, 4) is 17.1 Å². The molecule has 0 bridgehead atoms. The minimum absolute atomic E-state index is 0.0430. The van der Waals surface area contributed by atoms with Gasteiger partial charge in [-0.05, 0) is 36.4 Å². The molecule has 0 aliphatic heterocycles. The molecule has 0 atom stereocenters. The number of amides is 1. The summed E-state index contributed by atoms with van der Waals surface area (Å²) >= 11 is 3.22. The molecule has 7 nitrogen and oxygen atoms in total. The number of aromatic nitrogens is 4. The largest absolute Gasteiger partial charge is 0.497 e. The quantitative estimate of drug-likeness (QED) is 0.448. The van der Waals surface area contributed by atoms with E-state index in [1.807, 2.05) is 42.5 Å². The molecule has 0 saturated carbocycles. The number of rotatable bonds is 8. The van der Waals surface area contributed by atoms with Gasteiger partial charge in [0, 0.05) is 11.3 Å². The number of carbonyl (C=O) groups is 1. The summed E-state index contributed by atoms with van der Waals surface area (Å²) in [4.78, 5) is 21.1. The molecular weight excluding hydrogens is 406 g/mol. The van der Waals surface area contributed by atoms with Crippen LogP contribution in [0.15, 0.2) is 48.5 Å². The van der Waals surface area contributed by atoms with Crippen LogP contribution in [0.3, 0.4) is 0 Å². The molecule has 9 heteroatoms. The molecule has 2 N–H and O–H groups in total. The molecule has 29 heavy (non-hydrogen) atoms. The van der Waals surface area contributed by atoms with E-state index in [1.165, 1.54) is 4.70 Å². The molecule has 0 unspecified atom stereocenters. The second-order valence-electron chi connectivity index (χ2n) is 6.18. The van der Waals surface area contributed by atoms with Crippen LogP contribution in [0.4, 0.5) is 0 Å². The molecule has 2 aromatic carbocycles. The third-order valence-corrected chi connectivity index (χ3v) is 6.29. The summed E-state index contributed by atoms with van der Waals surface area (Å²) in [6.45, 7) is 0.309. The maximum Gasteiger partial charge on any atom is 0.230 e. The van der Waals surface area contributed by atoms with Crippen LogP contribution >= 0.6 is 23.1 Å². The lowest BCUT2D eigenvalue weighted by molar-refractivity contribution is -0.118. The fourth-order valence-corrected chi connectivity index (χ4v) is 4.57. The van der Waals surface area contributed by atoms with Gasteiger partial charge in [-0.2, -0.15) is 5.10 Å². The maximum atomic E-state index is 12.1. The van der Waals surface area contributed by atoms with Gasteiger partial charge in [0.1, 0.15) is 16.6 Å². The number of nitrogens with zero attached hydrogens (tertiary/aromatic N) is 3. The van der Waals surface area contributed by atoms with Crippen molar-refractivity contribution in [3.05, 3.63) is 59.4 Å². The highest BCUT2D eigenvalue weighted by Gasteiger charge is 2.09. The Kier molecular flexibility index (Phi) is 6.06. The van der Waals surface area contributed by atoms with Gasteiger partial charge in [-0.15, -0.1) is 23.1 Å². The smallest absolute Gasteiger partial charge is 0.230 e. The Balaban J connectivity index is 1.23. The molecule has 2 aromatic heterocycles. The molecule has 4 aromatic rings. The Labute approximate surface area is 175 Å². The lowest BCUT2D eigenvalue weighted by atomic mass is 10.2. The molecule has 1 amide bonds. The van der Waals surface area contributed by atoms with Gasteiger partial charge in [0.05, 0.1) is 29.6 Å². The van der Waals surface area contributed by atoms with Crippen molar-refractivity contribution in [2.45, 2.75) is 12.3 Å². The number of thiazole rings is 1. The Morgan fingerprint density at radius 2 is 2.00 bits per heavy atom. The number of benzene rings is 2. The maximum absolute atomic E-state index is 12.1. The van der Waals surface area contributed by atoms with Crippen molar-refractivity contribution in [1.29, 1.82) is 0 Å². The molecule has 0 fully saturated rings. The first kappa shape index (κ1) is 19.4. The average Bonchev–Trinajstić information content (AvgIpc) is 3.39. The Bertz CT molecular complexity index is 1070. The highest BCUT2D eigenvalue weighted by molar-refractivity contribution is 7.99. The summed E-state index contributed by atoms with van der Waals surface area (Å²) in [5.41, 5.74) is 1.89. The monoisotopic (exact) mass is 425 g/mol. The van der Waals surface area contributed by atoms with Crippen LogP contribution in [-0.4, -0.2) is 38.9 Å². The zero-order valence-electron chi connectivity index (χ0n) is 15.7. The van der Waals surface area contributed by atoms with Crippen molar-refractivity contribution in [1.82, 2.24) is 25.5 Å². The minimum atomic E-state index is -0.0430. The second kappa shape index (κ2) is 9.06. The first-order valence-corrected chi connectivity index (χ1v) is 10.9. The van der Waals surface area contributed by atoms with Crippen LogP contribution in [0.25, 0.3) is 21.6 Å². The predicted molar refractivity (Wildman–Crippen MR) is 116 cm³/mol. The van der Waals surface area contributed by atoms with Crippen LogP contribution in [0.5, 0.6) is 5.75 Å². The van der Waals surface area contributed by atoms with Crippen LogP contribution in [0.1, 0.15) is 10.8 Å². The number of thioether (sulfide) groups is 1. The number of H-pyrrole nitrogens is 1. The van der Waals surface area contributed by atoms with E-state index in [2.05, 4.69) is 31.5 Å². The highest BCUT2D eigenvalue weighted by Crippen LogP contribution is 2.24. The minimum Gasteiger partial charge on any atom is -0.497 e. The summed E-state index contributed by atoms with van der Waals surface area (Å²) in [5.74, 6) is 3.02. The Morgan fingerprint density at radius 1 is 1.17 bits per heavy atom. The summed E-state index contributed by atoms with van der Waals surface area (Å²) in [6.07, 6.45) is 0. The number of nitrogens with one attached hydrogen (secondary N) is 2. The number of para-hydroxylation sites is 1. The van der Waals surface area contributed by atoms with E-state index in [0.29, 0.717) is 23.9 Å². The van der Waals surface area contributed by atoms with Crippen molar-refractivity contribution in [3.63, 3.8) is 0 Å². The number of ether oxygens (including phenoxy) is 1. The first-order valence-electron chi connectivity index (χ1n) is 8.96. The van der Waals surface area contributed by atoms with E-state index in [4.69, 9.17) is 4.74 Å². The fourth-order valence-electron chi connectivity index (χ4n) is 2.69. The molecule has 0 aliphatic carbocycles. The lowest BCUT2D eigenvalue weighted by Crippen LogP contribution is -2.25. The molecule has 2 heterocycles. The number of fused-ring (bicyclic) bond motifs is 1. The lowest BCUT2D eigenvalue weighted by Gasteiger charge is -2.02. The first-order chi connectivity index (χ1) is 14.2. The van der Waals surface area contributed by atoms with E-state index < -0.39 is 0 Å². The van der Waals surface area contributed by atoms with E-state index in [1.54, 1.807) is 30.2 Å². The van der Waals surface area contributed by atoms with E-state index >= 15 is 0 Å². The zero-order chi connectivity index (χ0) is 20.1. The van der Waals surface area contributed by atoms with Crippen LogP contribution in [0, 0.1) is 0 Å². The molecule has 0 saturated heterocycles. The van der Waals surface area contributed by atoms with Crippen molar-refractivity contribution in [2.75, 3.05) is 12.9 Å². The number of carbonyl (C=O) groups excluding carboxylic acids is 1. The SMILES string of the molecule is COc1ccc(-c2n[nH]c(CNC(=O)CSCc3nc4ccccc4s3)n2)cc1. The summed E-state index contributed by atoms with van der Waals surface area (Å²) < 4.78 is 6.32. The van der Waals surface area contributed by atoms with Gasteiger partial charge in [0.15, 0.2) is 5.82 Å². The number of methoxy groups -OCH3 is 1. The standard InChI is InChI=1S/C20H19N5O2S2/c1-27-14-8-6-13(7-9-14)20-23-17(24-25-20)10-21-18(26)11-28-12-19-22-15-4-2-3-5-16(15)29-19/h2-9H,10-12H2,1H3,(H,21,26)(H,23,24,25). The third-order valence-electron chi connectivity index (χ3n) is 4.13. The van der Waals surface area contributed by atoms with Crippen LogP contribution in [-0.2, 0) is 17.1 Å². The second-order valence-corrected chi connectivity index (χ2v) is 8.28. The van der Waals surface area contributed by atoms with Gasteiger partial charge in [-0.1, -0.05) is 12.1 Å². The van der Waals surface area contributed by atoms with Gasteiger partial charge in [-0.3, -0.25) is 9.89 Å². The fraction of sp³-hybridized carbons (Fsp3) is 0.200. The van der Waals surface area contributed by atoms with Gasteiger partial charge in [0.2, 0.25) is 5.91 Å². The van der Waals surface area contributed by atoms with Crippen molar-refractivity contribution < 1.29 is 9.53 Å². The Hall–Kier alpha value is -2.91. The molecule has 0 aliphatic rings. The number of aromatic amines is 1. The van der Waals surface area contributed by atoms with Crippen molar-refractivity contribution in [2.24, 2.45) is 0 Å². The van der Waals surface area contributed by atoms with Gasteiger partial charge in [0.25, 0.3) is 0 Å². The topological polar surface area (TPSA) is 92.8 Å². The van der Waals surface area contributed by atoms with Gasteiger partial charge < -0.3 is 10.1 Å². The molecule has 4 rings (SSSR count). The number of hydrogen-bond acceptors (Lipinski definition) is 7. The zero-order valence-corrected chi connectivity index (χ0v) is 17.3. The summed E-state index contributed by atoms with van der Waals surface area (Å²) in [6, 6.07) is 15.6. The Morgan fingerprint density at radius 3 is 2.79 bits per heavy atom. The third kappa shape index (κ3) is 4.93. The van der Waals surface area contributed by atoms with E-state index in [9.17, 15) is 4.79 Å². The van der Waals surface area contributed by atoms with Crippen LogP contribution < -0.4 is 10.1 Å². The highest BCUT2D eigenvalue weighted by atomic mass is 32.2. The van der Waals surface area contributed by atoms with Crippen molar-refractivity contribution >= 4 is 39.2 Å². The molecule has 148 valence electrons. The predicted octanol–water partition coefficient (Wildman–Crippen LogP) is 3.64. The van der Waals surface area contributed by atoms with E-state index in [-0.39, 0.29) is 5.91 Å². The molecule has 0 spiro atoms. The van der Waals surface area contributed by atoms with Crippen LogP contribution in [0.2, 0.25) is 0 Å². The number of hydrogen-bond donors (Lipinski definition) is 2. The normalized spacial score (nSPS) is 10.9. The van der Waals surface area contributed by atoms with E-state index in [0.717, 1.165) is 27.6 Å². The summed E-state index contributed by atoms with van der Waals surface area (Å²) in [7, 11) is 1.62. The molecular formula is C20H19N5O2S2. The average molecular weight is 426 g/mol. The van der Waals surface area contributed by atoms with Gasteiger partial charge in [-0.25, -0.2) is 9.97 Å². The van der Waals surface area contributed by atoms with Gasteiger partial charge >= 0.3 is 0 Å². The summed E-state index contributed by atoms with van der Waals surface area (Å²) in [5, 5.41) is 11.0. The molecule has 0 radical (unpaired) electrons.